The van der Waals surface area contributed by atoms with Gasteiger partial charge in [-0.2, -0.15) is 0 Å². The molecule has 116 valence electrons. The molecule has 0 N–H and O–H groups in total. The molecule has 4 unspecified atom stereocenters. The summed E-state index contributed by atoms with van der Waals surface area (Å²) in [5.74, 6) is 1.20. The van der Waals surface area contributed by atoms with Crippen molar-refractivity contribution in [2.75, 3.05) is 27.3 Å². The zero-order valence-electron chi connectivity index (χ0n) is 12.4. The Bertz CT molecular complexity index is 443. The largest absolute Gasteiger partial charge is 0.468 e. The van der Waals surface area contributed by atoms with Crippen LogP contribution < -0.4 is 0 Å². The summed E-state index contributed by atoms with van der Waals surface area (Å²) in [7, 11) is 2.55. The highest BCUT2D eigenvalue weighted by atomic mass is 16.5. The number of fused-ring (bicyclic) bond motifs is 5. The van der Waals surface area contributed by atoms with E-state index in [0.29, 0.717) is 23.7 Å². The number of rotatable bonds is 5. The summed E-state index contributed by atoms with van der Waals surface area (Å²) in [5, 5.41) is 0. The average Bonchev–Trinajstić information content (AvgIpc) is 2.92. The molecule has 0 saturated heterocycles. The maximum atomic E-state index is 12.7. The highest BCUT2D eigenvalue weighted by Gasteiger charge is 2.68. The van der Waals surface area contributed by atoms with Gasteiger partial charge in [-0.25, -0.2) is 0 Å². The van der Waals surface area contributed by atoms with Gasteiger partial charge in [0.05, 0.1) is 14.2 Å². The minimum atomic E-state index is -0.513. The first-order valence-corrected chi connectivity index (χ1v) is 7.49. The number of nitrogens with zero attached hydrogens (tertiary/aromatic N) is 1. The summed E-state index contributed by atoms with van der Waals surface area (Å²) >= 11 is 0. The van der Waals surface area contributed by atoms with E-state index >= 15 is 0 Å². The van der Waals surface area contributed by atoms with Gasteiger partial charge in [0.1, 0.15) is 13.1 Å². The molecule has 0 aromatic rings. The molecule has 6 nitrogen and oxygen atoms in total. The van der Waals surface area contributed by atoms with E-state index in [-0.39, 0.29) is 24.9 Å². The Morgan fingerprint density at radius 2 is 1.43 bits per heavy atom. The van der Waals surface area contributed by atoms with Gasteiger partial charge in [-0.3, -0.25) is 14.4 Å². The smallest absolute Gasteiger partial charge is 0.325 e. The molecule has 3 fully saturated rings. The Labute approximate surface area is 123 Å². The van der Waals surface area contributed by atoms with E-state index in [1.807, 2.05) is 0 Å². The van der Waals surface area contributed by atoms with Crippen LogP contribution in [0.2, 0.25) is 0 Å². The molecule has 1 amide bonds. The second kappa shape index (κ2) is 5.31. The highest BCUT2D eigenvalue weighted by molar-refractivity contribution is 5.89. The van der Waals surface area contributed by atoms with Crippen molar-refractivity contribution in [2.45, 2.75) is 19.3 Å². The number of hydrogen-bond acceptors (Lipinski definition) is 5. The molecule has 4 atom stereocenters. The molecular formula is C15H21NO5. The third-order valence-electron chi connectivity index (χ3n) is 5.43. The maximum absolute atomic E-state index is 12.7. The molecule has 6 heteroatoms. The Kier molecular flexibility index (Phi) is 3.63. The Hall–Kier alpha value is -1.59. The molecule has 0 heterocycles. The van der Waals surface area contributed by atoms with Crippen LogP contribution in [-0.4, -0.2) is 50.1 Å². The summed E-state index contributed by atoms with van der Waals surface area (Å²) in [6.07, 6.45) is 3.71. The summed E-state index contributed by atoms with van der Waals surface area (Å²) in [4.78, 5) is 36.9. The van der Waals surface area contributed by atoms with Crippen molar-refractivity contribution in [3.05, 3.63) is 0 Å². The Balaban J connectivity index is 1.66. The predicted molar refractivity (Wildman–Crippen MR) is 71.9 cm³/mol. The van der Waals surface area contributed by atoms with E-state index in [2.05, 4.69) is 9.47 Å². The van der Waals surface area contributed by atoms with Gasteiger partial charge >= 0.3 is 11.9 Å². The third kappa shape index (κ3) is 2.40. The highest BCUT2D eigenvalue weighted by Crippen LogP contribution is 2.69. The molecule has 3 aliphatic rings. The van der Waals surface area contributed by atoms with Gasteiger partial charge in [-0.05, 0) is 42.9 Å². The summed E-state index contributed by atoms with van der Waals surface area (Å²) < 4.78 is 9.22. The lowest BCUT2D eigenvalue weighted by molar-refractivity contribution is -0.153. The van der Waals surface area contributed by atoms with Crippen LogP contribution >= 0.6 is 0 Å². The van der Waals surface area contributed by atoms with Crippen LogP contribution in [-0.2, 0) is 23.9 Å². The lowest BCUT2D eigenvalue weighted by Gasteiger charge is -2.21. The number of amides is 1. The third-order valence-corrected chi connectivity index (χ3v) is 5.43. The van der Waals surface area contributed by atoms with Crippen molar-refractivity contribution < 1.29 is 23.9 Å². The molecule has 0 aliphatic heterocycles. The zero-order valence-corrected chi connectivity index (χ0v) is 12.4. The topological polar surface area (TPSA) is 72.9 Å². The van der Waals surface area contributed by atoms with Gasteiger partial charge in [0.2, 0.25) is 5.91 Å². The normalized spacial score (nSPS) is 35.0. The van der Waals surface area contributed by atoms with E-state index in [0.717, 1.165) is 0 Å². The molecule has 3 rings (SSSR count). The van der Waals surface area contributed by atoms with Crippen molar-refractivity contribution in [1.29, 1.82) is 0 Å². The quantitative estimate of drug-likeness (QED) is 0.689. The molecule has 21 heavy (non-hydrogen) atoms. The van der Waals surface area contributed by atoms with Crippen LogP contribution in [0.15, 0.2) is 0 Å². The van der Waals surface area contributed by atoms with Gasteiger partial charge in [0.25, 0.3) is 0 Å². The fraction of sp³-hybridized carbons (Fsp3) is 0.800. The fourth-order valence-corrected chi connectivity index (χ4v) is 4.52. The van der Waals surface area contributed by atoms with E-state index in [9.17, 15) is 14.4 Å². The lowest BCUT2D eigenvalue weighted by atomic mass is 10.0. The molecule has 3 saturated carbocycles. The molecule has 0 spiro atoms. The molecular weight excluding hydrogens is 274 g/mol. The number of carbonyl (C=O) groups is 3. The van der Waals surface area contributed by atoms with Gasteiger partial charge < -0.3 is 14.4 Å². The first-order valence-electron chi connectivity index (χ1n) is 7.49. The van der Waals surface area contributed by atoms with Gasteiger partial charge in [0, 0.05) is 5.92 Å². The lowest BCUT2D eigenvalue weighted by Crippen LogP contribution is -2.42. The minimum absolute atomic E-state index is 0.00515. The maximum Gasteiger partial charge on any atom is 0.325 e. The van der Waals surface area contributed by atoms with E-state index in [4.69, 9.17) is 0 Å². The van der Waals surface area contributed by atoms with E-state index in [1.54, 1.807) is 0 Å². The Morgan fingerprint density at radius 3 is 1.86 bits per heavy atom. The number of ether oxygens (including phenoxy) is 2. The number of methoxy groups -OCH3 is 2. The fourth-order valence-electron chi connectivity index (χ4n) is 4.52. The van der Waals surface area contributed by atoms with Crippen LogP contribution in [0.1, 0.15) is 19.3 Å². The van der Waals surface area contributed by atoms with Gasteiger partial charge in [0.15, 0.2) is 0 Å². The molecule has 3 aliphatic carbocycles. The number of carbonyl (C=O) groups excluding carboxylic acids is 3. The van der Waals surface area contributed by atoms with Crippen molar-refractivity contribution in [2.24, 2.45) is 29.6 Å². The standard InChI is InChI=1S/C15H21NO5/c1-20-10(17)6-16(7-11(18)21-2)15(19)14-12-8-3-4-9(5-8)13(12)14/h8-9,12-14H,3-7H2,1-2H3. The average molecular weight is 295 g/mol. The summed E-state index contributed by atoms with van der Waals surface area (Å²) in [6, 6.07) is 0. The van der Waals surface area contributed by atoms with Gasteiger partial charge in [-0.15, -0.1) is 0 Å². The van der Waals surface area contributed by atoms with E-state index < -0.39 is 11.9 Å². The molecule has 2 bridgehead atoms. The van der Waals surface area contributed by atoms with Crippen molar-refractivity contribution in [3.8, 4) is 0 Å². The second-order valence-electron chi connectivity index (χ2n) is 6.36. The van der Waals surface area contributed by atoms with Crippen LogP contribution in [0.3, 0.4) is 0 Å². The summed E-state index contributed by atoms with van der Waals surface area (Å²) in [5.41, 5.74) is 0. The minimum Gasteiger partial charge on any atom is -0.468 e. The molecule has 0 radical (unpaired) electrons. The summed E-state index contributed by atoms with van der Waals surface area (Å²) in [6.45, 7) is -0.370. The van der Waals surface area contributed by atoms with Gasteiger partial charge in [-0.1, -0.05) is 0 Å². The number of esters is 2. The van der Waals surface area contributed by atoms with Crippen molar-refractivity contribution in [1.82, 2.24) is 4.90 Å². The zero-order chi connectivity index (χ0) is 15.1. The van der Waals surface area contributed by atoms with Crippen molar-refractivity contribution >= 4 is 17.8 Å². The SMILES string of the molecule is COC(=O)CN(CC(=O)OC)C(=O)C1C2C3CCC(C3)C12. The second-order valence-corrected chi connectivity index (χ2v) is 6.36. The monoisotopic (exact) mass is 295 g/mol. The molecule has 0 aromatic carbocycles. The first-order chi connectivity index (χ1) is 10.1. The predicted octanol–water partition coefficient (Wildman–Crippen LogP) is 0.453. The van der Waals surface area contributed by atoms with Crippen LogP contribution in [0.5, 0.6) is 0 Å². The number of hydrogen-bond donors (Lipinski definition) is 0. The van der Waals surface area contributed by atoms with E-state index in [1.165, 1.54) is 38.4 Å². The first kappa shape index (κ1) is 14.4. The van der Waals surface area contributed by atoms with Crippen LogP contribution in [0.4, 0.5) is 0 Å². The molecule has 0 aromatic heterocycles. The Morgan fingerprint density at radius 1 is 0.952 bits per heavy atom. The van der Waals surface area contributed by atoms with Crippen LogP contribution in [0, 0.1) is 29.6 Å². The van der Waals surface area contributed by atoms with Crippen molar-refractivity contribution in [3.63, 3.8) is 0 Å². The van der Waals surface area contributed by atoms with Crippen LogP contribution in [0.25, 0.3) is 0 Å².